The molecule has 7 amide bonds. The van der Waals surface area contributed by atoms with Crippen LogP contribution in [0.15, 0.2) is 73.4 Å². The van der Waals surface area contributed by atoms with Gasteiger partial charge in [-0.15, -0.1) is 18.9 Å². The van der Waals surface area contributed by atoms with Crippen LogP contribution < -0.4 is 42.5 Å². The molecular formula is C51H71N9O10. The monoisotopic (exact) mass is 970 g/mol. The van der Waals surface area contributed by atoms with Crippen molar-refractivity contribution < 1.29 is 47.8 Å². The number of para-hydroxylation sites is 1. The average molecular weight is 970 g/mol. The molecule has 3 rings (SSSR count). The van der Waals surface area contributed by atoms with E-state index in [2.05, 4.69) is 55.0 Å². The fraction of sp³-hybridized carbons (Fsp3) is 0.490. The van der Waals surface area contributed by atoms with E-state index in [-0.39, 0.29) is 19.3 Å². The summed E-state index contributed by atoms with van der Waals surface area (Å²) in [6.07, 6.45) is 8.39. The van der Waals surface area contributed by atoms with Crippen LogP contribution in [0.3, 0.4) is 0 Å². The molecule has 19 heteroatoms. The van der Waals surface area contributed by atoms with Crippen LogP contribution >= 0.6 is 0 Å². The fourth-order valence-electron chi connectivity index (χ4n) is 7.00. The number of likely N-dealkylation sites (N-methyl/N-ethyl adjacent to an activating group) is 1. The lowest BCUT2D eigenvalue weighted by Crippen LogP contribution is -2.59. The minimum Gasteiger partial charge on any atom is -0.444 e. The van der Waals surface area contributed by atoms with Crippen molar-refractivity contribution in [2.45, 2.75) is 141 Å². The molecule has 1 aromatic heterocycles. The summed E-state index contributed by atoms with van der Waals surface area (Å²) in [5.74, 6) is -1.97. The standard InChI is InChI=1S/C51H71N9O10/c1-12-21-37(56-43(62)33(4)55-48(67)69-50(5,6)7)45(64)54-32(3)42(61)58-40(30-35-31-60(49(68)70-51(8,9)10)41-26-18-17-24-36(35)41)47(66)59-39(29-34-22-15-14-16-23-34)46(65)57-38(44(63)52-11)25-19-20-28-53-27-13-2/h1,13-18,22-24,26,31-33,37-40,53H,2,19-21,25,27-30H2,3-11H3,(H,52,63)(H,54,64)(H,55,67)(H,56,62)(H,57,65)(H,58,61)(H,59,66)/t32-,33-,37+,38-,39+,40-/m0/s1. The van der Waals surface area contributed by atoms with Gasteiger partial charge in [0.25, 0.3) is 0 Å². The predicted octanol–water partition coefficient (Wildman–Crippen LogP) is 3.28. The van der Waals surface area contributed by atoms with Crippen LogP contribution in [0.1, 0.15) is 92.2 Å². The topological polar surface area (TPSA) is 256 Å². The molecule has 0 radical (unpaired) electrons. The molecule has 2 aromatic carbocycles. The van der Waals surface area contributed by atoms with Crippen LogP contribution in [-0.2, 0) is 51.1 Å². The second kappa shape index (κ2) is 27.1. The van der Waals surface area contributed by atoms with E-state index in [4.69, 9.17) is 15.9 Å². The molecule has 0 saturated heterocycles. The Kier molecular flexibility index (Phi) is 22.1. The molecule has 380 valence electrons. The molecule has 70 heavy (non-hydrogen) atoms. The normalized spacial score (nSPS) is 13.9. The maximum atomic E-state index is 14.7. The van der Waals surface area contributed by atoms with Crippen molar-refractivity contribution in [2.75, 3.05) is 20.1 Å². The summed E-state index contributed by atoms with van der Waals surface area (Å²) in [4.78, 5) is 109. The number of carbonyl (C=O) groups is 8. The molecule has 0 aliphatic carbocycles. The lowest BCUT2D eigenvalue weighted by atomic mass is 10.0. The number of terminal acetylenes is 1. The Labute approximate surface area is 410 Å². The molecular weight excluding hydrogens is 899 g/mol. The Balaban J connectivity index is 1.98. The molecule has 1 heterocycles. The smallest absolute Gasteiger partial charge is 0.419 e. The zero-order valence-electron chi connectivity index (χ0n) is 41.8. The van der Waals surface area contributed by atoms with Crippen molar-refractivity contribution in [1.82, 2.24) is 47.1 Å². The molecule has 8 N–H and O–H groups in total. The Morgan fingerprint density at radius 1 is 0.671 bits per heavy atom. The third-order valence-electron chi connectivity index (χ3n) is 10.5. The highest BCUT2D eigenvalue weighted by Crippen LogP contribution is 2.24. The third-order valence-corrected chi connectivity index (χ3v) is 10.5. The molecule has 0 bridgehead atoms. The van der Waals surface area contributed by atoms with Crippen LogP contribution in [0, 0.1) is 12.3 Å². The zero-order valence-corrected chi connectivity index (χ0v) is 41.8. The molecule has 0 aliphatic rings. The highest BCUT2D eigenvalue weighted by molar-refractivity contribution is 5.98. The van der Waals surface area contributed by atoms with E-state index in [1.165, 1.54) is 31.7 Å². The van der Waals surface area contributed by atoms with Crippen LogP contribution in [0.5, 0.6) is 0 Å². The van der Waals surface area contributed by atoms with Gasteiger partial charge in [0, 0.05) is 44.4 Å². The number of ether oxygens (including phenoxy) is 2. The van der Waals surface area contributed by atoms with E-state index in [0.717, 1.165) is 6.42 Å². The first-order valence-corrected chi connectivity index (χ1v) is 23.3. The number of nitrogens with zero attached hydrogens (tertiary/aromatic N) is 1. The summed E-state index contributed by atoms with van der Waals surface area (Å²) >= 11 is 0. The summed E-state index contributed by atoms with van der Waals surface area (Å²) in [5.41, 5.74) is -0.0664. The first-order chi connectivity index (χ1) is 33.0. The largest absolute Gasteiger partial charge is 0.444 e. The summed E-state index contributed by atoms with van der Waals surface area (Å²) in [5, 5.41) is 22.2. The minimum absolute atomic E-state index is 0.00360. The first kappa shape index (κ1) is 57.1. The third kappa shape index (κ3) is 19.1. The van der Waals surface area contributed by atoms with Crippen LogP contribution in [0.2, 0.25) is 0 Å². The van der Waals surface area contributed by atoms with E-state index in [0.29, 0.717) is 48.0 Å². The molecule has 3 aromatic rings. The Hall–Kier alpha value is -7.20. The summed E-state index contributed by atoms with van der Waals surface area (Å²) < 4.78 is 12.2. The molecule has 0 fully saturated rings. The lowest BCUT2D eigenvalue weighted by Gasteiger charge is -2.26. The number of carbonyl (C=O) groups excluding carboxylic acids is 8. The van der Waals surface area contributed by atoms with Crippen molar-refractivity contribution in [3.63, 3.8) is 0 Å². The molecule has 0 aliphatic heterocycles. The van der Waals surface area contributed by atoms with Gasteiger partial charge < -0.3 is 52.0 Å². The van der Waals surface area contributed by atoms with Crippen molar-refractivity contribution in [3.05, 3.63) is 84.6 Å². The van der Waals surface area contributed by atoms with Gasteiger partial charge in [0.2, 0.25) is 35.4 Å². The fourth-order valence-corrected chi connectivity index (χ4v) is 7.00. The van der Waals surface area contributed by atoms with E-state index in [1.807, 2.05) is 0 Å². The van der Waals surface area contributed by atoms with E-state index in [9.17, 15) is 38.4 Å². The number of hydrogen-bond acceptors (Lipinski definition) is 11. The number of unbranched alkanes of at least 4 members (excludes halogenated alkanes) is 1. The number of nitrogens with one attached hydrogen (secondary N) is 8. The van der Waals surface area contributed by atoms with Crippen molar-refractivity contribution >= 4 is 58.5 Å². The van der Waals surface area contributed by atoms with Crippen LogP contribution in [-0.4, -0.2) is 120 Å². The first-order valence-electron chi connectivity index (χ1n) is 23.3. The molecule has 0 unspecified atom stereocenters. The van der Waals surface area contributed by atoms with Crippen LogP contribution in [0.25, 0.3) is 10.9 Å². The Morgan fingerprint density at radius 3 is 1.81 bits per heavy atom. The number of rotatable bonds is 24. The molecule has 6 atom stereocenters. The lowest BCUT2D eigenvalue weighted by molar-refractivity contribution is -0.135. The number of amides is 7. The zero-order chi connectivity index (χ0) is 52.2. The van der Waals surface area contributed by atoms with Gasteiger partial charge in [0.1, 0.15) is 47.5 Å². The quantitative estimate of drug-likeness (QED) is 0.0367. The van der Waals surface area contributed by atoms with Gasteiger partial charge in [-0.1, -0.05) is 54.6 Å². The Bertz CT molecular complexity index is 2350. The predicted molar refractivity (Wildman–Crippen MR) is 266 cm³/mol. The van der Waals surface area contributed by atoms with E-state index in [1.54, 1.807) is 102 Å². The Morgan fingerprint density at radius 2 is 1.21 bits per heavy atom. The van der Waals surface area contributed by atoms with Crippen LogP contribution in [0.4, 0.5) is 9.59 Å². The van der Waals surface area contributed by atoms with Crippen molar-refractivity contribution in [3.8, 4) is 12.3 Å². The van der Waals surface area contributed by atoms with Gasteiger partial charge in [0.15, 0.2) is 0 Å². The van der Waals surface area contributed by atoms with E-state index >= 15 is 0 Å². The van der Waals surface area contributed by atoms with E-state index < -0.39 is 95.1 Å². The number of benzene rings is 2. The van der Waals surface area contributed by atoms with Gasteiger partial charge in [-0.3, -0.25) is 33.3 Å². The van der Waals surface area contributed by atoms with Gasteiger partial charge in [0.05, 0.1) is 5.52 Å². The van der Waals surface area contributed by atoms with Gasteiger partial charge in [-0.05, 0) is 98.4 Å². The van der Waals surface area contributed by atoms with Crippen molar-refractivity contribution in [2.24, 2.45) is 0 Å². The summed E-state index contributed by atoms with van der Waals surface area (Å²) in [6.45, 7) is 17.9. The van der Waals surface area contributed by atoms with Gasteiger partial charge in [-0.25, -0.2) is 9.59 Å². The van der Waals surface area contributed by atoms with Gasteiger partial charge >= 0.3 is 12.2 Å². The van der Waals surface area contributed by atoms with Crippen molar-refractivity contribution in [1.29, 1.82) is 0 Å². The maximum Gasteiger partial charge on any atom is 0.419 e. The maximum absolute atomic E-state index is 14.7. The molecule has 0 spiro atoms. The minimum atomic E-state index is -1.44. The number of fused-ring (bicyclic) bond motifs is 1. The molecule has 19 nitrogen and oxygen atoms in total. The number of hydrogen-bond donors (Lipinski definition) is 8. The highest BCUT2D eigenvalue weighted by atomic mass is 16.6. The number of aromatic nitrogens is 1. The highest BCUT2D eigenvalue weighted by Gasteiger charge is 2.33. The number of alkyl carbamates (subject to hydrolysis) is 1. The second-order valence-electron chi connectivity index (χ2n) is 18.8. The average Bonchev–Trinajstić information content (AvgIpc) is 3.66. The summed E-state index contributed by atoms with van der Waals surface area (Å²) in [6, 6.07) is 8.42. The SMILES string of the molecule is C#CC[C@@H](NC(=O)[C@H](C)NC(=O)OC(C)(C)C)C(=O)N[C@@H](C)C(=O)N[C@@H](Cc1cn(C(=O)OC(C)(C)C)c2ccccc12)C(=O)N[C@H](Cc1ccccc1)C(=O)N[C@@H](CCCCNCC=C)C(=O)NC. The van der Waals surface area contributed by atoms with Gasteiger partial charge in [-0.2, -0.15) is 0 Å². The summed E-state index contributed by atoms with van der Waals surface area (Å²) in [7, 11) is 1.46. The molecule has 0 saturated carbocycles. The second-order valence-corrected chi connectivity index (χ2v) is 18.8.